The normalized spacial score (nSPS) is 26.6. The van der Waals surface area contributed by atoms with Crippen LogP contribution in [0.15, 0.2) is 5.11 Å². The van der Waals surface area contributed by atoms with Crippen LogP contribution in [0, 0.1) is 23.7 Å². The molecule has 7 nitrogen and oxygen atoms in total. The molecule has 0 aromatic carbocycles. The van der Waals surface area contributed by atoms with Gasteiger partial charge in [-0.25, -0.2) is 4.79 Å². The van der Waals surface area contributed by atoms with Crippen LogP contribution >= 0.6 is 0 Å². The standard InChI is InChI=1S/C12H20N4O2.C11H21N.4C2H6.2B.V/c1-18-12(17)16-8-9(7-14-15-13)10-5-3-2-4-6-11(10)16;1-2-9-8-12-11-7-5-3-4-6-10(9)11;4*1-2;;;/h9-11H,2-8H2,1H3;9-12H,2-8H2,1H3;4*1-2H3;;;/t2*9?,10-,11+;;;;;;;/m00......./s1. The summed E-state index contributed by atoms with van der Waals surface area (Å²) in [6, 6.07) is 1.16. The number of hydrogen-bond donors (Lipinski definition) is 1. The summed E-state index contributed by atoms with van der Waals surface area (Å²) < 4.78 is 4.86. The number of azide groups is 1. The molecule has 0 spiro atoms. The molecule has 0 aromatic heterocycles. The molecule has 2 aliphatic heterocycles. The number of rotatable bonds is 3. The fourth-order valence-electron chi connectivity index (χ4n) is 6.49. The number of carbonyl (C=O) groups excluding carboxylic acids is 1. The van der Waals surface area contributed by atoms with E-state index >= 15 is 0 Å². The van der Waals surface area contributed by atoms with Crippen molar-refractivity contribution in [2.24, 2.45) is 28.8 Å². The van der Waals surface area contributed by atoms with Gasteiger partial charge in [-0.05, 0) is 61.4 Å². The summed E-state index contributed by atoms with van der Waals surface area (Å²) in [5.74, 6) is 2.78. The molecule has 4 fully saturated rings. The maximum atomic E-state index is 11.8. The molecule has 6 atom stereocenters. The van der Waals surface area contributed by atoms with Gasteiger partial charge < -0.3 is 15.0 Å². The second kappa shape index (κ2) is 33.8. The molecule has 4 aliphatic rings. The first-order valence-corrected chi connectivity index (χ1v) is 16.3. The predicted molar refractivity (Wildman–Crippen MR) is 176 cm³/mol. The molecule has 1 N–H and O–H groups in total. The topological polar surface area (TPSA) is 90.3 Å². The summed E-state index contributed by atoms with van der Waals surface area (Å²) in [4.78, 5) is 16.5. The van der Waals surface area contributed by atoms with Crippen molar-refractivity contribution < 1.29 is 28.1 Å². The van der Waals surface area contributed by atoms with Crippen LogP contribution in [-0.2, 0) is 23.3 Å². The number of methoxy groups -OCH3 is 1. The Morgan fingerprint density at radius 1 is 0.854 bits per heavy atom. The minimum atomic E-state index is -0.240. The molecular weight excluding hydrogens is 547 g/mol. The molecule has 2 saturated heterocycles. The van der Waals surface area contributed by atoms with Crippen molar-refractivity contribution in [1.29, 1.82) is 0 Å². The molecule has 2 unspecified atom stereocenters. The summed E-state index contributed by atoms with van der Waals surface area (Å²) in [5.41, 5.74) is 8.45. The third kappa shape index (κ3) is 17.2. The SMILES string of the molecule is CC.CC.CC.CC.CCC1CN[C@@H]2CCCCC[C@@H]12.COC(=O)N1CC(CN=[N+]=[N-])[C@@H]2CCCCC[C@H]21.[B].[B].[V]. The third-order valence-corrected chi connectivity index (χ3v) is 8.10. The Bertz CT molecular complexity index is 615. The first-order valence-electron chi connectivity index (χ1n) is 16.3. The average Bonchev–Trinajstić information content (AvgIpc) is 3.32. The first-order chi connectivity index (χ1) is 18.7. The van der Waals surface area contributed by atoms with Crippen molar-refractivity contribution >= 4 is 22.9 Å². The number of amides is 1. The largest absolute Gasteiger partial charge is 0.453 e. The number of nitrogens with one attached hydrogen (secondary N) is 1. The molecule has 4 rings (SSSR count). The molecular formula is C31H65B2N5O2V. The Hall–Kier alpha value is -0.746. The summed E-state index contributed by atoms with van der Waals surface area (Å²) >= 11 is 0. The van der Waals surface area contributed by atoms with Gasteiger partial charge in [0, 0.05) is 65.5 Å². The first kappa shape index (κ1) is 49.9. The van der Waals surface area contributed by atoms with Crippen molar-refractivity contribution in [3.05, 3.63) is 10.4 Å². The van der Waals surface area contributed by atoms with E-state index in [1.807, 2.05) is 60.3 Å². The zero-order valence-electron chi connectivity index (χ0n) is 28.6. The molecule has 0 bridgehead atoms. The van der Waals surface area contributed by atoms with Crippen molar-refractivity contribution in [1.82, 2.24) is 10.2 Å². The van der Waals surface area contributed by atoms with Crippen LogP contribution in [-0.4, -0.2) is 66.6 Å². The average molecular weight is 612 g/mol. The van der Waals surface area contributed by atoms with E-state index in [0.717, 1.165) is 30.7 Å². The quantitative estimate of drug-likeness (QED) is 0.149. The molecule has 41 heavy (non-hydrogen) atoms. The van der Waals surface area contributed by atoms with Gasteiger partial charge in [0.05, 0.1) is 7.11 Å². The van der Waals surface area contributed by atoms with Gasteiger partial charge in [-0.2, -0.15) is 0 Å². The van der Waals surface area contributed by atoms with Gasteiger partial charge in [0.25, 0.3) is 0 Å². The van der Waals surface area contributed by atoms with E-state index in [2.05, 4.69) is 22.3 Å². The van der Waals surface area contributed by atoms with Gasteiger partial charge in [-0.3, -0.25) is 0 Å². The Morgan fingerprint density at radius 2 is 1.37 bits per heavy atom. The summed E-state index contributed by atoms with van der Waals surface area (Å²) in [7, 11) is 1.43. The maximum Gasteiger partial charge on any atom is 0.409 e. The molecule has 10 heteroatoms. The number of ether oxygens (including phenoxy) is 1. The molecule has 7 radical (unpaired) electrons. The fraction of sp³-hybridized carbons (Fsp3) is 0.968. The van der Waals surface area contributed by atoms with Gasteiger partial charge in [0.2, 0.25) is 0 Å². The van der Waals surface area contributed by atoms with Crippen LogP contribution in [0.5, 0.6) is 0 Å². The molecule has 0 aromatic rings. The van der Waals surface area contributed by atoms with Crippen molar-refractivity contribution in [2.45, 2.75) is 145 Å². The number of nitrogens with zero attached hydrogens (tertiary/aromatic N) is 4. The van der Waals surface area contributed by atoms with E-state index in [-0.39, 0.29) is 47.5 Å². The number of likely N-dealkylation sites (tertiary alicyclic amines) is 1. The minimum absolute atomic E-state index is 0. The zero-order chi connectivity index (χ0) is 29.3. The molecule has 2 aliphatic carbocycles. The maximum absolute atomic E-state index is 11.8. The summed E-state index contributed by atoms with van der Waals surface area (Å²) in [5, 5.41) is 7.40. The van der Waals surface area contributed by atoms with Crippen molar-refractivity contribution in [3.8, 4) is 0 Å². The number of hydrogen-bond acceptors (Lipinski definition) is 4. The monoisotopic (exact) mass is 612 g/mol. The summed E-state index contributed by atoms with van der Waals surface area (Å²) in [6.45, 7) is 20.8. The Kier molecular flexibility index (Phi) is 41.1. The Balaban J connectivity index is -0.000000165. The van der Waals surface area contributed by atoms with E-state index in [1.54, 1.807) is 0 Å². The molecule has 1 amide bonds. The van der Waals surface area contributed by atoms with Gasteiger partial charge in [0.1, 0.15) is 0 Å². The van der Waals surface area contributed by atoms with Crippen LogP contribution in [0.1, 0.15) is 133 Å². The molecule has 2 heterocycles. The van der Waals surface area contributed by atoms with E-state index in [1.165, 1.54) is 71.4 Å². The zero-order valence-corrected chi connectivity index (χ0v) is 30.0. The van der Waals surface area contributed by atoms with E-state index < -0.39 is 0 Å². The smallest absolute Gasteiger partial charge is 0.409 e. The van der Waals surface area contributed by atoms with Gasteiger partial charge >= 0.3 is 6.09 Å². The Labute approximate surface area is 271 Å². The van der Waals surface area contributed by atoms with E-state index in [0.29, 0.717) is 24.9 Å². The van der Waals surface area contributed by atoms with E-state index in [4.69, 9.17) is 10.3 Å². The van der Waals surface area contributed by atoms with Crippen molar-refractivity contribution in [2.75, 3.05) is 26.7 Å². The molecule has 2 saturated carbocycles. The number of fused-ring (bicyclic) bond motifs is 2. The molecule has 237 valence electrons. The second-order valence-corrected chi connectivity index (χ2v) is 9.65. The second-order valence-electron chi connectivity index (χ2n) is 9.65. The predicted octanol–water partition coefficient (Wildman–Crippen LogP) is 8.85. The number of carbonyl (C=O) groups is 1. The third-order valence-electron chi connectivity index (χ3n) is 8.10. The van der Waals surface area contributed by atoms with Crippen LogP contribution in [0.4, 0.5) is 4.79 Å². The van der Waals surface area contributed by atoms with Crippen molar-refractivity contribution in [3.63, 3.8) is 0 Å². The van der Waals surface area contributed by atoms with Crippen LogP contribution in [0.25, 0.3) is 10.4 Å². The van der Waals surface area contributed by atoms with Crippen LogP contribution < -0.4 is 5.32 Å². The van der Waals surface area contributed by atoms with E-state index in [9.17, 15) is 4.79 Å². The van der Waals surface area contributed by atoms with Gasteiger partial charge in [-0.15, -0.1) is 0 Å². The van der Waals surface area contributed by atoms with Gasteiger partial charge in [-0.1, -0.05) is 112 Å². The summed E-state index contributed by atoms with van der Waals surface area (Å²) in [6.07, 6.45) is 14.3. The van der Waals surface area contributed by atoms with Crippen LogP contribution in [0.2, 0.25) is 0 Å². The fourth-order valence-corrected chi connectivity index (χ4v) is 6.49. The van der Waals surface area contributed by atoms with Crippen LogP contribution in [0.3, 0.4) is 0 Å². The Morgan fingerprint density at radius 3 is 1.88 bits per heavy atom. The van der Waals surface area contributed by atoms with Gasteiger partial charge in [0.15, 0.2) is 0 Å². The minimum Gasteiger partial charge on any atom is -0.453 e.